The smallest absolute Gasteiger partial charge is 0.217 e. The summed E-state index contributed by atoms with van der Waals surface area (Å²) in [6.45, 7) is 7.09. The fourth-order valence-corrected chi connectivity index (χ4v) is 4.08. The number of rotatable bonds is 2. The molecule has 7 nitrogen and oxygen atoms in total. The van der Waals surface area contributed by atoms with Crippen LogP contribution in [0.5, 0.6) is 0 Å². The number of carbonyl (C=O) groups excluding carboxylic acids is 1. The Morgan fingerprint density at radius 3 is 2.83 bits per heavy atom. The molecule has 23 heavy (non-hydrogen) atoms. The van der Waals surface area contributed by atoms with Gasteiger partial charge in [0, 0.05) is 25.4 Å². The van der Waals surface area contributed by atoms with Gasteiger partial charge in [0.2, 0.25) is 5.91 Å². The second kappa shape index (κ2) is 5.09. The van der Waals surface area contributed by atoms with Gasteiger partial charge in [0.1, 0.15) is 17.0 Å². The minimum absolute atomic E-state index is 0.00530. The summed E-state index contributed by atoms with van der Waals surface area (Å²) < 4.78 is 1.03. The van der Waals surface area contributed by atoms with E-state index >= 15 is 0 Å². The zero-order valence-electron chi connectivity index (χ0n) is 13.1. The molecule has 0 aliphatic carbocycles. The first-order chi connectivity index (χ1) is 11.0. The van der Waals surface area contributed by atoms with Crippen molar-refractivity contribution in [2.45, 2.75) is 26.8 Å². The molecule has 1 aliphatic rings. The van der Waals surface area contributed by atoms with E-state index in [-0.39, 0.29) is 11.9 Å². The van der Waals surface area contributed by atoms with Crippen molar-refractivity contribution >= 4 is 43.5 Å². The lowest BCUT2D eigenvalue weighted by molar-refractivity contribution is -0.119. The minimum Gasteiger partial charge on any atom is -0.351 e. The third-order valence-electron chi connectivity index (χ3n) is 4.23. The van der Waals surface area contributed by atoms with Crippen molar-refractivity contribution in [2.75, 3.05) is 18.0 Å². The molecule has 3 aromatic heterocycles. The average Bonchev–Trinajstić information content (AvgIpc) is 2.85. The van der Waals surface area contributed by atoms with E-state index < -0.39 is 0 Å². The van der Waals surface area contributed by atoms with Gasteiger partial charge in [0.05, 0.1) is 22.0 Å². The van der Waals surface area contributed by atoms with Crippen molar-refractivity contribution in [3.63, 3.8) is 0 Å². The number of aryl methyl sites for hydroxylation is 2. The van der Waals surface area contributed by atoms with Gasteiger partial charge >= 0.3 is 0 Å². The predicted octanol–water partition coefficient (Wildman–Crippen LogP) is 1.58. The first-order valence-electron chi connectivity index (χ1n) is 7.43. The molecular weight excluding hydrogens is 312 g/mol. The first kappa shape index (κ1) is 14.3. The summed E-state index contributed by atoms with van der Waals surface area (Å²) in [4.78, 5) is 23.1. The molecule has 1 aliphatic heterocycles. The van der Waals surface area contributed by atoms with E-state index in [1.165, 1.54) is 0 Å². The van der Waals surface area contributed by atoms with Crippen LogP contribution in [-0.2, 0) is 4.79 Å². The van der Waals surface area contributed by atoms with Crippen molar-refractivity contribution in [3.05, 3.63) is 17.6 Å². The van der Waals surface area contributed by atoms with Crippen molar-refractivity contribution in [2.24, 2.45) is 0 Å². The molecule has 0 radical (unpaired) electrons. The van der Waals surface area contributed by atoms with E-state index in [4.69, 9.17) is 0 Å². The SMILES string of the molecule is CC(=O)NC1CN(c2ncnc3c2sc2nnc(C)c(C)c23)C1. The van der Waals surface area contributed by atoms with Gasteiger partial charge < -0.3 is 10.2 Å². The Hall–Kier alpha value is -2.35. The van der Waals surface area contributed by atoms with E-state index in [2.05, 4.69) is 37.3 Å². The van der Waals surface area contributed by atoms with Crippen LogP contribution in [0.1, 0.15) is 18.2 Å². The summed E-state index contributed by atoms with van der Waals surface area (Å²) >= 11 is 1.58. The predicted molar refractivity (Wildman–Crippen MR) is 89.8 cm³/mol. The van der Waals surface area contributed by atoms with Crippen LogP contribution in [0.4, 0.5) is 5.82 Å². The van der Waals surface area contributed by atoms with Crippen LogP contribution in [0.15, 0.2) is 6.33 Å². The van der Waals surface area contributed by atoms with Gasteiger partial charge in [0.15, 0.2) is 0 Å². The molecule has 4 heterocycles. The minimum atomic E-state index is 0.00530. The normalized spacial score (nSPS) is 15.2. The van der Waals surface area contributed by atoms with E-state index in [1.807, 2.05) is 6.92 Å². The van der Waals surface area contributed by atoms with Crippen molar-refractivity contribution in [1.29, 1.82) is 0 Å². The second-order valence-electron chi connectivity index (χ2n) is 5.87. The molecule has 0 atom stereocenters. The number of nitrogens with zero attached hydrogens (tertiary/aromatic N) is 5. The van der Waals surface area contributed by atoms with Crippen LogP contribution in [0, 0.1) is 13.8 Å². The Morgan fingerprint density at radius 1 is 1.30 bits per heavy atom. The first-order valence-corrected chi connectivity index (χ1v) is 8.25. The summed E-state index contributed by atoms with van der Waals surface area (Å²) in [7, 11) is 0. The fraction of sp³-hybridized carbons (Fsp3) is 0.400. The Labute approximate surface area is 136 Å². The molecule has 1 saturated heterocycles. The topological polar surface area (TPSA) is 83.9 Å². The largest absolute Gasteiger partial charge is 0.351 e. The van der Waals surface area contributed by atoms with Crippen LogP contribution >= 0.6 is 11.3 Å². The van der Waals surface area contributed by atoms with Gasteiger partial charge in [-0.15, -0.1) is 16.4 Å². The molecule has 0 aromatic carbocycles. The van der Waals surface area contributed by atoms with E-state index in [9.17, 15) is 4.79 Å². The number of thiophene rings is 1. The van der Waals surface area contributed by atoms with Crippen LogP contribution in [0.25, 0.3) is 20.4 Å². The maximum Gasteiger partial charge on any atom is 0.217 e. The highest BCUT2D eigenvalue weighted by Crippen LogP contribution is 2.38. The summed E-state index contributed by atoms with van der Waals surface area (Å²) in [6, 6.07) is 0.190. The van der Waals surface area contributed by atoms with Gasteiger partial charge in [-0.3, -0.25) is 4.79 Å². The number of carbonyl (C=O) groups is 1. The van der Waals surface area contributed by atoms with Gasteiger partial charge in [-0.2, -0.15) is 5.10 Å². The molecule has 1 N–H and O–H groups in total. The lowest BCUT2D eigenvalue weighted by Crippen LogP contribution is -2.59. The lowest BCUT2D eigenvalue weighted by atomic mass is 10.1. The Balaban J connectivity index is 1.78. The summed E-state index contributed by atoms with van der Waals surface area (Å²) in [5.41, 5.74) is 2.98. The maximum atomic E-state index is 11.1. The number of anilines is 1. The molecule has 8 heteroatoms. The zero-order chi connectivity index (χ0) is 16.1. The van der Waals surface area contributed by atoms with E-state index in [0.717, 1.165) is 50.6 Å². The second-order valence-corrected chi connectivity index (χ2v) is 6.87. The number of nitrogens with one attached hydrogen (secondary N) is 1. The summed E-state index contributed by atoms with van der Waals surface area (Å²) in [5.74, 6) is 0.919. The Bertz CT molecular complexity index is 931. The van der Waals surface area contributed by atoms with Crippen LogP contribution in [0.2, 0.25) is 0 Å². The molecule has 0 spiro atoms. The molecule has 118 valence electrons. The van der Waals surface area contributed by atoms with Crippen molar-refractivity contribution < 1.29 is 4.79 Å². The van der Waals surface area contributed by atoms with Crippen LogP contribution < -0.4 is 10.2 Å². The number of amides is 1. The molecule has 0 unspecified atom stereocenters. The number of hydrogen-bond donors (Lipinski definition) is 1. The molecular formula is C15H16N6OS. The number of fused-ring (bicyclic) bond motifs is 3. The third-order valence-corrected chi connectivity index (χ3v) is 5.29. The van der Waals surface area contributed by atoms with E-state index in [1.54, 1.807) is 24.6 Å². The molecule has 1 amide bonds. The maximum absolute atomic E-state index is 11.1. The molecule has 0 saturated carbocycles. The highest BCUT2D eigenvalue weighted by molar-refractivity contribution is 7.26. The Morgan fingerprint density at radius 2 is 2.09 bits per heavy atom. The van der Waals surface area contributed by atoms with Crippen molar-refractivity contribution in [1.82, 2.24) is 25.5 Å². The van der Waals surface area contributed by atoms with Crippen LogP contribution in [-0.4, -0.2) is 45.2 Å². The van der Waals surface area contributed by atoms with Gasteiger partial charge in [-0.05, 0) is 19.4 Å². The highest BCUT2D eigenvalue weighted by Gasteiger charge is 2.30. The highest BCUT2D eigenvalue weighted by atomic mass is 32.1. The zero-order valence-corrected chi connectivity index (χ0v) is 13.9. The fourth-order valence-electron chi connectivity index (χ4n) is 2.93. The lowest BCUT2D eigenvalue weighted by Gasteiger charge is -2.40. The van der Waals surface area contributed by atoms with Gasteiger partial charge in [0.25, 0.3) is 0 Å². The molecule has 3 aromatic rings. The molecule has 1 fully saturated rings. The number of aromatic nitrogens is 4. The Kier molecular flexibility index (Phi) is 3.15. The third kappa shape index (κ3) is 2.21. The van der Waals surface area contributed by atoms with Crippen molar-refractivity contribution in [3.8, 4) is 0 Å². The molecule has 4 rings (SSSR count). The number of hydrogen-bond acceptors (Lipinski definition) is 7. The summed E-state index contributed by atoms with van der Waals surface area (Å²) in [5, 5.41) is 12.5. The standard InChI is InChI=1S/C15H16N6OS/c1-7-8(2)19-20-15-11(7)12-13(23-15)14(17-6-16-12)21-4-10(5-21)18-9(3)22/h6,10H,4-5H2,1-3H3,(H,18,22). The van der Waals surface area contributed by atoms with Crippen LogP contribution in [0.3, 0.4) is 0 Å². The van der Waals surface area contributed by atoms with E-state index in [0.29, 0.717) is 0 Å². The molecule has 0 bridgehead atoms. The van der Waals surface area contributed by atoms with Gasteiger partial charge in [-0.25, -0.2) is 9.97 Å². The van der Waals surface area contributed by atoms with Gasteiger partial charge in [-0.1, -0.05) is 0 Å². The summed E-state index contributed by atoms with van der Waals surface area (Å²) in [6.07, 6.45) is 1.60. The average molecular weight is 328 g/mol. The monoisotopic (exact) mass is 328 g/mol. The quantitative estimate of drug-likeness (QED) is 0.769.